The number of nitrogens with one attached hydrogen (secondary N) is 1. The van der Waals surface area contributed by atoms with Crippen LogP contribution >= 0.6 is 0 Å². The standard InChI is InChI=1S/C22H17F4N5O/c1-13-15(18-7-4-8-20(28-18)32-2)5-3-6-17(13)29-21-27-12-31(30-21)19-10-9-14(11-16(19)23)22(24,25)26/h3-12H,1-2H3,(H,29,30). The summed E-state index contributed by atoms with van der Waals surface area (Å²) in [6, 6.07) is 13.2. The third-order valence-electron chi connectivity index (χ3n) is 4.80. The second-order valence-corrected chi connectivity index (χ2v) is 6.85. The lowest BCUT2D eigenvalue weighted by molar-refractivity contribution is -0.137. The highest BCUT2D eigenvalue weighted by molar-refractivity contribution is 5.73. The van der Waals surface area contributed by atoms with E-state index in [1.165, 1.54) is 6.33 Å². The molecule has 0 fully saturated rings. The van der Waals surface area contributed by atoms with Gasteiger partial charge >= 0.3 is 6.18 Å². The summed E-state index contributed by atoms with van der Waals surface area (Å²) in [6.45, 7) is 1.89. The number of methoxy groups -OCH3 is 1. The summed E-state index contributed by atoms with van der Waals surface area (Å²) >= 11 is 0. The number of alkyl halides is 3. The minimum Gasteiger partial charge on any atom is -0.481 e. The van der Waals surface area contributed by atoms with Crippen LogP contribution in [-0.2, 0) is 6.18 Å². The van der Waals surface area contributed by atoms with Gasteiger partial charge < -0.3 is 10.1 Å². The molecule has 0 spiro atoms. The van der Waals surface area contributed by atoms with Crippen molar-refractivity contribution in [2.24, 2.45) is 0 Å². The zero-order valence-corrected chi connectivity index (χ0v) is 17.0. The quantitative estimate of drug-likeness (QED) is 0.410. The van der Waals surface area contributed by atoms with Crippen LogP contribution in [0.3, 0.4) is 0 Å². The molecule has 0 atom stereocenters. The molecule has 0 radical (unpaired) electrons. The average Bonchev–Trinajstić information content (AvgIpc) is 3.22. The summed E-state index contributed by atoms with van der Waals surface area (Å²) in [7, 11) is 1.54. The third-order valence-corrected chi connectivity index (χ3v) is 4.80. The van der Waals surface area contributed by atoms with Gasteiger partial charge in [0.1, 0.15) is 17.8 Å². The van der Waals surface area contributed by atoms with Crippen molar-refractivity contribution in [3.63, 3.8) is 0 Å². The third kappa shape index (κ3) is 4.25. The molecule has 164 valence electrons. The van der Waals surface area contributed by atoms with Crippen LogP contribution in [0.1, 0.15) is 11.1 Å². The van der Waals surface area contributed by atoms with Gasteiger partial charge in [-0.1, -0.05) is 18.2 Å². The summed E-state index contributed by atoms with van der Waals surface area (Å²) in [6.07, 6.45) is -3.41. The Balaban J connectivity index is 1.61. The molecule has 1 N–H and O–H groups in total. The van der Waals surface area contributed by atoms with Crippen LogP contribution in [0.5, 0.6) is 5.88 Å². The van der Waals surface area contributed by atoms with E-state index in [2.05, 4.69) is 20.4 Å². The van der Waals surface area contributed by atoms with Gasteiger partial charge in [-0.3, -0.25) is 0 Å². The molecule has 10 heteroatoms. The van der Waals surface area contributed by atoms with Crippen LogP contribution in [0.4, 0.5) is 29.2 Å². The minimum absolute atomic E-state index is 0.149. The van der Waals surface area contributed by atoms with Crippen LogP contribution < -0.4 is 10.1 Å². The second kappa shape index (κ2) is 8.29. The highest BCUT2D eigenvalue weighted by Gasteiger charge is 2.31. The lowest BCUT2D eigenvalue weighted by atomic mass is 10.0. The highest BCUT2D eigenvalue weighted by atomic mass is 19.4. The Bertz CT molecular complexity index is 1270. The summed E-state index contributed by atoms with van der Waals surface area (Å²) in [5.74, 6) is -0.416. The zero-order chi connectivity index (χ0) is 22.9. The van der Waals surface area contributed by atoms with Crippen molar-refractivity contribution in [3.05, 3.63) is 77.9 Å². The molecule has 2 aromatic heterocycles. The van der Waals surface area contributed by atoms with Gasteiger partial charge in [0.05, 0.1) is 18.4 Å². The summed E-state index contributed by atoms with van der Waals surface area (Å²) in [5.41, 5.74) is 1.92. The van der Waals surface area contributed by atoms with Crippen LogP contribution in [0.15, 0.2) is 60.9 Å². The van der Waals surface area contributed by atoms with Gasteiger partial charge in [-0.15, -0.1) is 5.10 Å². The Morgan fingerprint density at radius 1 is 1.03 bits per heavy atom. The number of hydrogen-bond donors (Lipinski definition) is 1. The Morgan fingerprint density at radius 2 is 1.81 bits per heavy atom. The predicted molar refractivity (Wildman–Crippen MR) is 111 cm³/mol. The Kier molecular flexibility index (Phi) is 5.52. The molecule has 0 saturated heterocycles. The molecule has 0 aliphatic rings. The largest absolute Gasteiger partial charge is 0.481 e. The molecular formula is C22H17F4N5O. The van der Waals surface area contributed by atoms with E-state index in [-0.39, 0.29) is 11.6 Å². The lowest BCUT2D eigenvalue weighted by Crippen LogP contribution is -2.07. The molecule has 2 heterocycles. The van der Waals surface area contributed by atoms with Crippen LogP contribution in [-0.4, -0.2) is 26.9 Å². The number of aromatic nitrogens is 4. The number of nitrogens with zero attached hydrogens (tertiary/aromatic N) is 4. The monoisotopic (exact) mass is 443 g/mol. The molecule has 2 aromatic carbocycles. The van der Waals surface area contributed by atoms with Crippen molar-refractivity contribution in [1.29, 1.82) is 0 Å². The number of anilines is 2. The second-order valence-electron chi connectivity index (χ2n) is 6.85. The van der Waals surface area contributed by atoms with E-state index in [4.69, 9.17) is 4.74 Å². The van der Waals surface area contributed by atoms with Gasteiger partial charge in [0, 0.05) is 17.3 Å². The van der Waals surface area contributed by atoms with Crippen molar-refractivity contribution in [2.45, 2.75) is 13.1 Å². The molecule has 0 aliphatic heterocycles. The normalized spacial score (nSPS) is 11.4. The molecule has 0 bridgehead atoms. The maximum atomic E-state index is 14.2. The molecule has 0 saturated carbocycles. The Morgan fingerprint density at radius 3 is 2.53 bits per heavy atom. The fourth-order valence-corrected chi connectivity index (χ4v) is 3.15. The maximum Gasteiger partial charge on any atom is 0.416 e. The Hall–Kier alpha value is -3.95. The number of halogens is 4. The van der Waals surface area contributed by atoms with Crippen molar-refractivity contribution in [2.75, 3.05) is 12.4 Å². The van der Waals surface area contributed by atoms with Crippen molar-refractivity contribution in [1.82, 2.24) is 19.7 Å². The zero-order valence-electron chi connectivity index (χ0n) is 17.0. The number of ether oxygens (including phenoxy) is 1. The molecule has 6 nitrogen and oxygen atoms in total. The Labute approximate surface area is 180 Å². The van der Waals surface area contributed by atoms with Crippen molar-refractivity contribution in [3.8, 4) is 22.8 Å². The van der Waals surface area contributed by atoms with Crippen LogP contribution in [0.2, 0.25) is 0 Å². The van der Waals surface area contributed by atoms with Gasteiger partial charge in [-0.05, 0) is 42.8 Å². The lowest BCUT2D eigenvalue weighted by Gasteiger charge is -2.12. The van der Waals surface area contributed by atoms with E-state index in [1.807, 2.05) is 37.3 Å². The summed E-state index contributed by atoms with van der Waals surface area (Å²) < 4.78 is 58.8. The number of pyridine rings is 1. The van der Waals surface area contributed by atoms with Crippen LogP contribution in [0, 0.1) is 12.7 Å². The topological polar surface area (TPSA) is 64.9 Å². The van der Waals surface area contributed by atoms with Gasteiger partial charge in [0.25, 0.3) is 0 Å². The molecule has 0 unspecified atom stereocenters. The van der Waals surface area contributed by atoms with Crippen LogP contribution in [0.25, 0.3) is 16.9 Å². The van der Waals surface area contributed by atoms with Gasteiger partial charge in [0.15, 0.2) is 0 Å². The van der Waals surface area contributed by atoms with E-state index in [9.17, 15) is 17.6 Å². The first-order chi connectivity index (χ1) is 15.3. The fourth-order valence-electron chi connectivity index (χ4n) is 3.15. The fraction of sp³-hybridized carbons (Fsp3) is 0.136. The first-order valence-electron chi connectivity index (χ1n) is 9.43. The summed E-state index contributed by atoms with van der Waals surface area (Å²) in [4.78, 5) is 8.53. The molecule has 4 aromatic rings. The predicted octanol–water partition coefficient (Wildman–Crippen LogP) is 5.55. The van der Waals surface area contributed by atoms with E-state index >= 15 is 0 Å². The number of benzene rings is 2. The summed E-state index contributed by atoms with van der Waals surface area (Å²) in [5, 5.41) is 7.19. The molecule has 32 heavy (non-hydrogen) atoms. The first kappa shape index (κ1) is 21.3. The highest BCUT2D eigenvalue weighted by Crippen LogP contribution is 2.32. The molecule has 0 aliphatic carbocycles. The van der Waals surface area contributed by atoms with Gasteiger partial charge in [-0.2, -0.15) is 18.2 Å². The SMILES string of the molecule is COc1cccc(-c2cccc(Nc3ncn(-c4ccc(C(F)(F)F)cc4F)n3)c2C)n1. The maximum absolute atomic E-state index is 14.2. The van der Waals surface area contributed by atoms with E-state index in [1.54, 1.807) is 13.2 Å². The average molecular weight is 443 g/mol. The van der Waals surface area contributed by atoms with Crippen molar-refractivity contribution < 1.29 is 22.3 Å². The van der Waals surface area contributed by atoms with E-state index in [0.29, 0.717) is 17.6 Å². The van der Waals surface area contributed by atoms with E-state index in [0.717, 1.165) is 33.6 Å². The first-order valence-corrected chi connectivity index (χ1v) is 9.43. The molecule has 4 rings (SSSR count). The van der Waals surface area contributed by atoms with Gasteiger partial charge in [0.2, 0.25) is 11.8 Å². The van der Waals surface area contributed by atoms with Crippen molar-refractivity contribution >= 4 is 11.6 Å². The van der Waals surface area contributed by atoms with E-state index < -0.39 is 17.6 Å². The molecular weight excluding hydrogens is 426 g/mol. The smallest absolute Gasteiger partial charge is 0.416 e. The minimum atomic E-state index is -4.63. The van der Waals surface area contributed by atoms with Gasteiger partial charge in [-0.25, -0.2) is 14.1 Å². The number of rotatable bonds is 5. The number of hydrogen-bond acceptors (Lipinski definition) is 5. The molecule has 0 amide bonds.